The van der Waals surface area contributed by atoms with E-state index in [2.05, 4.69) is 120 Å². The molecule has 0 atom stereocenters. The maximum Gasteiger partial charge on any atom is 0.160 e. The van der Waals surface area contributed by atoms with Gasteiger partial charge in [0.05, 0.1) is 26.9 Å². The molecule has 0 amide bonds. The predicted molar refractivity (Wildman–Crippen MR) is 186 cm³/mol. The van der Waals surface area contributed by atoms with E-state index in [1.807, 2.05) is 35.6 Å². The van der Waals surface area contributed by atoms with Crippen molar-refractivity contribution in [3.8, 4) is 28.3 Å². The molecule has 3 heterocycles. The summed E-state index contributed by atoms with van der Waals surface area (Å²) < 4.78 is 5.13. The molecule has 3 nitrogen and oxygen atoms in total. The Labute approximate surface area is 256 Å². The second-order valence-electron chi connectivity index (χ2n) is 11.4. The van der Waals surface area contributed by atoms with Crippen LogP contribution in [0.25, 0.3) is 92.0 Å². The standard InChI is InChI=1S/C40H23N3S/c1-2-9-26(10-3-1)40-41-32-14-6-4-13-30(32)37(42-40)25-19-21-28(22-20-25)43-33-15-8-11-24-17-18-27-23-31-29-12-5-7-16-34(29)44-39(31)38(43)36(27)35(24)33/h1-23H. The first-order valence-corrected chi connectivity index (χ1v) is 15.7. The van der Waals surface area contributed by atoms with Crippen LogP contribution in [0.15, 0.2) is 140 Å². The number of benzene rings is 7. The highest BCUT2D eigenvalue weighted by atomic mass is 32.1. The number of hydrogen-bond acceptors (Lipinski definition) is 3. The van der Waals surface area contributed by atoms with E-state index in [1.165, 1.54) is 52.8 Å². The lowest BCUT2D eigenvalue weighted by molar-refractivity contribution is 1.19. The maximum absolute atomic E-state index is 5.11. The van der Waals surface area contributed by atoms with Crippen LogP contribution in [0.5, 0.6) is 0 Å². The van der Waals surface area contributed by atoms with Crippen LogP contribution in [0.4, 0.5) is 0 Å². The van der Waals surface area contributed by atoms with E-state index in [4.69, 9.17) is 9.97 Å². The summed E-state index contributed by atoms with van der Waals surface area (Å²) >= 11 is 1.89. The van der Waals surface area contributed by atoms with E-state index < -0.39 is 0 Å². The number of rotatable bonds is 3. The SMILES string of the molecule is c1ccc(-c2nc(-c3ccc(-n4c5cccc6ccc7cc8c9ccccc9sc8c4c7c65)cc3)c3ccccc3n2)cc1. The van der Waals surface area contributed by atoms with Crippen LogP contribution in [-0.4, -0.2) is 14.5 Å². The van der Waals surface area contributed by atoms with Gasteiger partial charge in [-0.1, -0.05) is 103 Å². The smallest absolute Gasteiger partial charge is 0.160 e. The van der Waals surface area contributed by atoms with Crippen LogP contribution in [0.2, 0.25) is 0 Å². The Balaban J connectivity index is 1.24. The van der Waals surface area contributed by atoms with E-state index in [0.29, 0.717) is 0 Å². The number of aromatic nitrogens is 3. The summed E-state index contributed by atoms with van der Waals surface area (Å²) in [5, 5.41) is 8.93. The van der Waals surface area contributed by atoms with Gasteiger partial charge in [-0.15, -0.1) is 11.3 Å². The Kier molecular flexibility index (Phi) is 4.87. The van der Waals surface area contributed by atoms with Gasteiger partial charge >= 0.3 is 0 Å². The molecule has 0 spiro atoms. The Morgan fingerprint density at radius 1 is 0.523 bits per heavy atom. The number of hydrogen-bond donors (Lipinski definition) is 0. The fourth-order valence-electron chi connectivity index (χ4n) is 6.97. The van der Waals surface area contributed by atoms with Crippen molar-refractivity contribution in [2.24, 2.45) is 0 Å². The highest BCUT2D eigenvalue weighted by Gasteiger charge is 2.21. The molecule has 10 aromatic rings. The molecule has 0 fully saturated rings. The van der Waals surface area contributed by atoms with Gasteiger partial charge in [0.1, 0.15) is 0 Å². The topological polar surface area (TPSA) is 30.7 Å². The Morgan fingerprint density at radius 2 is 1.30 bits per heavy atom. The van der Waals surface area contributed by atoms with E-state index >= 15 is 0 Å². The van der Waals surface area contributed by atoms with Gasteiger partial charge in [-0.3, -0.25) is 0 Å². The van der Waals surface area contributed by atoms with Crippen LogP contribution >= 0.6 is 11.3 Å². The Morgan fingerprint density at radius 3 is 2.18 bits per heavy atom. The van der Waals surface area contributed by atoms with Crippen LogP contribution in [0, 0.1) is 0 Å². The predicted octanol–water partition coefficient (Wildman–Crippen LogP) is 11.0. The summed E-state index contributed by atoms with van der Waals surface area (Å²) in [6.07, 6.45) is 0. The molecular formula is C40H23N3S. The Hall–Kier alpha value is -5.58. The van der Waals surface area contributed by atoms with Crippen LogP contribution in [-0.2, 0) is 0 Å². The number of fused-ring (bicyclic) bond motifs is 5. The molecule has 204 valence electrons. The molecule has 0 aliphatic rings. The van der Waals surface area contributed by atoms with Gasteiger partial charge in [0.25, 0.3) is 0 Å². The molecule has 3 aromatic heterocycles. The molecular weight excluding hydrogens is 555 g/mol. The minimum atomic E-state index is 0.740. The van der Waals surface area contributed by atoms with Crippen molar-refractivity contribution in [2.75, 3.05) is 0 Å². The van der Waals surface area contributed by atoms with Crippen molar-refractivity contribution in [1.29, 1.82) is 0 Å². The third-order valence-corrected chi connectivity index (χ3v) is 10.1. The minimum absolute atomic E-state index is 0.740. The van der Waals surface area contributed by atoms with E-state index in [0.717, 1.165) is 39.2 Å². The molecule has 7 aromatic carbocycles. The lowest BCUT2D eigenvalue weighted by Gasteiger charge is -2.12. The van der Waals surface area contributed by atoms with Crippen molar-refractivity contribution in [3.05, 3.63) is 140 Å². The highest BCUT2D eigenvalue weighted by molar-refractivity contribution is 7.26. The zero-order valence-corrected chi connectivity index (χ0v) is 24.3. The van der Waals surface area contributed by atoms with E-state index in [-0.39, 0.29) is 0 Å². The second-order valence-corrected chi connectivity index (χ2v) is 12.5. The van der Waals surface area contributed by atoms with Gasteiger partial charge in [-0.25, -0.2) is 9.97 Å². The molecule has 0 aliphatic heterocycles. The lowest BCUT2D eigenvalue weighted by Crippen LogP contribution is -1.96. The third-order valence-electron chi connectivity index (χ3n) is 8.94. The molecule has 0 unspecified atom stereocenters. The fraction of sp³-hybridized carbons (Fsp3) is 0. The summed E-state index contributed by atoms with van der Waals surface area (Å²) in [5.74, 6) is 0.740. The van der Waals surface area contributed by atoms with Crippen molar-refractivity contribution in [1.82, 2.24) is 14.5 Å². The van der Waals surface area contributed by atoms with Gasteiger partial charge in [-0.2, -0.15) is 0 Å². The average molecular weight is 578 g/mol. The second kappa shape index (κ2) is 8.96. The molecule has 10 rings (SSSR count). The summed E-state index contributed by atoms with van der Waals surface area (Å²) in [4.78, 5) is 10.0. The monoisotopic (exact) mass is 577 g/mol. The summed E-state index contributed by atoms with van der Waals surface area (Å²) in [5.41, 5.74) is 7.65. The summed E-state index contributed by atoms with van der Waals surface area (Å²) in [7, 11) is 0. The molecule has 0 radical (unpaired) electrons. The highest BCUT2D eigenvalue weighted by Crippen LogP contribution is 2.46. The van der Waals surface area contributed by atoms with Crippen LogP contribution in [0.3, 0.4) is 0 Å². The zero-order valence-electron chi connectivity index (χ0n) is 23.5. The zero-order chi connectivity index (χ0) is 28.8. The minimum Gasteiger partial charge on any atom is -0.308 e. The quantitative estimate of drug-likeness (QED) is 0.196. The van der Waals surface area contributed by atoms with E-state index in [9.17, 15) is 0 Å². The first kappa shape index (κ1) is 23.9. The third kappa shape index (κ3) is 3.31. The number of para-hydroxylation sites is 1. The maximum atomic E-state index is 5.11. The molecule has 4 heteroatoms. The van der Waals surface area contributed by atoms with Crippen LogP contribution < -0.4 is 0 Å². The first-order chi connectivity index (χ1) is 21.8. The first-order valence-electron chi connectivity index (χ1n) is 14.8. The van der Waals surface area contributed by atoms with Gasteiger partial charge in [0.15, 0.2) is 5.82 Å². The normalized spacial score (nSPS) is 12.1. The van der Waals surface area contributed by atoms with E-state index in [1.54, 1.807) is 0 Å². The van der Waals surface area contributed by atoms with Crippen molar-refractivity contribution >= 4 is 75.0 Å². The molecule has 0 aliphatic carbocycles. The van der Waals surface area contributed by atoms with Crippen LogP contribution in [0.1, 0.15) is 0 Å². The molecule has 0 saturated carbocycles. The van der Waals surface area contributed by atoms with Crippen molar-refractivity contribution in [3.63, 3.8) is 0 Å². The Bertz CT molecular complexity index is 2700. The van der Waals surface area contributed by atoms with Gasteiger partial charge in [0, 0.05) is 48.4 Å². The summed E-state index contributed by atoms with van der Waals surface area (Å²) in [6, 6.07) is 49.8. The molecule has 44 heavy (non-hydrogen) atoms. The summed E-state index contributed by atoms with van der Waals surface area (Å²) in [6.45, 7) is 0. The lowest BCUT2D eigenvalue weighted by atomic mass is 10.00. The largest absolute Gasteiger partial charge is 0.308 e. The van der Waals surface area contributed by atoms with Gasteiger partial charge in [-0.05, 0) is 47.2 Å². The molecule has 0 N–H and O–H groups in total. The van der Waals surface area contributed by atoms with Gasteiger partial charge < -0.3 is 4.57 Å². The average Bonchev–Trinajstić information content (AvgIpc) is 3.64. The van der Waals surface area contributed by atoms with Crippen molar-refractivity contribution in [2.45, 2.75) is 0 Å². The molecule has 0 saturated heterocycles. The van der Waals surface area contributed by atoms with Gasteiger partial charge in [0.2, 0.25) is 0 Å². The van der Waals surface area contributed by atoms with Crippen molar-refractivity contribution < 1.29 is 0 Å². The number of nitrogens with zero attached hydrogens (tertiary/aromatic N) is 3. The fourth-order valence-corrected chi connectivity index (χ4v) is 8.20. The number of thiophene rings is 1. The molecule has 0 bridgehead atoms.